The van der Waals surface area contributed by atoms with E-state index in [-0.39, 0.29) is 35.2 Å². The number of nitrogens with zero attached hydrogens (tertiary/aromatic N) is 3. The molecule has 1 fully saturated rings. The number of amides is 1. The van der Waals surface area contributed by atoms with E-state index in [2.05, 4.69) is 15.9 Å². The third-order valence-electron chi connectivity index (χ3n) is 4.77. The summed E-state index contributed by atoms with van der Waals surface area (Å²) in [5, 5.41) is 1.88. The van der Waals surface area contributed by atoms with Gasteiger partial charge in [-0.25, -0.2) is 0 Å². The molecule has 0 spiro atoms. The molecule has 8 heteroatoms. The van der Waals surface area contributed by atoms with Crippen molar-refractivity contribution in [2.24, 2.45) is 0 Å². The summed E-state index contributed by atoms with van der Waals surface area (Å²) in [7, 11) is 0. The van der Waals surface area contributed by atoms with Crippen molar-refractivity contribution >= 4 is 27.6 Å². The SMILES string of the molecule is O=C1CCN2CN(CC1)n1cc(Br)c(=O)c(OCc3ccccc3)c1C2=O. The minimum Gasteiger partial charge on any atom is -0.482 e. The molecule has 2 aliphatic rings. The van der Waals surface area contributed by atoms with E-state index in [9.17, 15) is 14.4 Å². The van der Waals surface area contributed by atoms with Crippen LogP contribution in [0.4, 0.5) is 0 Å². The smallest absolute Gasteiger partial charge is 0.277 e. The number of hydrogen-bond donors (Lipinski definition) is 0. The fraction of sp³-hybridized carbons (Fsp3) is 0.316. The zero-order valence-corrected chi connectivity index (χ0v) is 16.1. The Balaban J connectivity index is 1.76. The maximum Gasteiger partial charge on any atom is 0.277 e. The van der Waals surface area contributed by atoms with E-state index in [0.29, 0.717) is 37.1 Å². The Morgan fingerprint density at radius 1 is 1.04 bits per heavy atom. The molecule has 1 aromatic carbocycles. The molecule has 1 aromatic heterocycles. The highest BCUT2D eigenvalue weighted by Gasteiger charge is 2.35. The standard InChI is InChI=1S/C19H18BrN3O4/c20-15-10-23-16(18(17(15)25)27-11-13-4-2-1-3-5-13)19(26)21-8-6-14(24)7-9-22(23)12-21/h1-5,10H,6-9,11-12H2. The van der Waals surface area contributed by atoms with Crippen molar-refractivity contribution in [3.8, 4) is 5.75 Å². The highest BCUT2D eigenvalue weighted by atomic mass is 79.9. The van der Waals surface area contributed by atoms with Crippen LogP contribution in [0.15, 0.2) is 45.8 Å². The first-order chi connectivity index (χ1) is 13.0. The molecule has 2 aromatic rings. The van der Waals surface area contributed by atoms with Gasteiger partial charge in [-0.05, 0) is 21.5 Å². The van der Waals surface area contributed by atoms with Gasteiger partial charge in [0.1, 0.15) is 19.1 Å². The van der Waals surface area contributed by atoms with Gasteiger partial charge in [0.2, 0.25) is 5.43 Å². The van der Waals surface area contributed by atoms with Crippen LogP contribution in [0.25, 0.3) is 0 Å². The highest BCUT2D eigenvalue weighted by molar-refractivity contribution is 9.10. The zero-order valence-electron chi connectivity index (χ0n) is 14.6. The molecular weight excluding hydrogens is 414 g/mol. The Labute approximate surface area is 164 Å². The summed E-state index contributed by atoms with van der Waals surface area (Å²) in [6, 6.07) is 9.47. The van der Waals surface area contributed by atoms with E-state index in [0.717, 1.165) is 5.56 Å². The van der Waals surface area contributed by atoms with Crippen molar-refractivity contribution in [2.45, 2.75) is 19.4 Å². The quantitative estimate of drug-likeness (QED) is 0.741. The number of hydrogen-bond acceptors (Lipinski definition) is 5. The molecule has 2 bridgehead atoms. The molecule has 7 nitrogen and oxygen atoms in total. The molecule has 1 amide bonds. The van der Waals surface area contributed by atoms with Crippen LogP contribution in [0.3, 0.4) is 0 Å². The summed E-state index contributed by atoms with van der Waals surface area (Å²) < 4.78 is 7.78. The van der Waals surface area contributed by atoms with E-state index in [1.54, 1.807) is 15.8 Å². The number of carbonyl (C=O) groups is 2. The largest absolute Gasteiger partial charge is 0.482 e. The van der Waals surface area contributed by atoms with Crippen LogP contribution in [-0.4, -0.2) is 41.0 Å². The van der Waals surface area contributed by atoms with Crippen LogP contribution < -0.4 is 15.2 Å². The minimum atomic E-state index is -0.361. The Morgan fingerprint density at radius 3 is 2.56 bits per heavy atom. The van der Waals surface area contributed by atoms with Gasteiger partial charge in [-0.3, -0.25) is 24.1 Å². The van der Waals surface area contributed by atoms with Gasteiger partial charge in [0.25, 0.3) is 5.91 Å². The lowest BCUT2D eigenvalue weighted by Gasteiger charge is -2.41. The number of ether oxygens (including phenoxy) is 1. The van der Waals surface area contributed by atoms with Crippen LogP contribution in [0, 0.1) is 0 Å². The Bertz CT molecular complexity index is 957. The Kier molecular flexibility index (Phi) is 4.73. The van der Waals surface area contributed by atoms with Crippen LogP contribution >= 0.6 is 15.9 Å². The topological polar surface area (TPSA) is 71.8 Å². The van der Waals surface area contributed by atoms with Crippen molar-refractivity contribution in [1.29, 1.82) is 0 Å². The van der Waals surface area contributed by atoms with E-state index in [4.69, 9.17) is 4.74 Å². The molecule has 4 rings (SSSR count). The molecule has 1 saturated heterocycles. The van der Waals surface area contributed by atoms with Gasteiger partial charge in [-0.15, -0.1) is 0 Å². The minimum absolute atomic E-state index is 0.0276. The number of rotatable bonds is 3. The molecule has 3 heterocycles. The second kappa shape index (κ2) is 7.19. The fourth-order valence-electron chi connectivity index (χ4n) is 3.30. The first-order valence-electron chi connectivity index (χ1n) is 8.72. The van der Waals surface area contributed by atoms with Crippen LogP contribution in [0.1, 0.15) is 28.9 Å². The first kappa shape index (κ1) is 17.8. The summed E-state index contributed by atoms with van der Waals surface area (Å²) in [6.07, 6.45) is 2.32. The monoisotopic (exact) mass is 431 g/mol. The molecule has 0 aliphatic carbocycles. The van der Waals surface area contributed by atoms with E-state index >= 15 is 0 Å². The Hall–Kier alpha value is -2.61. The lowest BCUT2D eigenvalue weighted by Crippen LogP contribution is -2.56. The van der Waals surface area contributed by atoms with Crippen LogP contribution in [-0.2, 0) is 11.4 Å². The molecule has 0 radical (unpaired) electrons. The van der Waals surface area contributed by atoms with Gasteiger partial charge < -0.3 is 9.64 Å². The molecule has 27 heavy (non-hydrogen) atoms. The molecule has 2 aliphatic heterocycles. The zero-order chi connectivity index (χ0) is 19.0. The summed E-state index contributed by atoms with van der Waals surface area (Å²) in [5.41, 5.74) is 0.750. The van der Waals surface area contributed by atoms with Crippen molar-refractivity contribution in [3.63, 3.8) is 0 Å². The average molecular weight is 432 g/mol. The second-order valence-corrected chi connectivity index (χ2v) is 7.44. The molecule has 140 valence electrons. The van der Waals surface area contributed by atoms with Crippen molar-refractivity contribution in [2.75, 3.05) is 24.8 Å². The third kappa shape index (κ3) is 3.37. The Morgan fingerprint density at radius 2 is 1.78 bits per heavy atom. The number of aromatic nitrogens is 1. The number of halogens is 1. The molecular formula is C19H18BrN3O4. The number of benzene rings is 1. The van der Waals surface area contributed by atoms with Gasteiger partial charge in [0.05, 0.1) is 4.47 Å². The summed E-state index contributed by atoms with van der Waals surface area (Å²) >= 11 is 3.28. The van der Waals surface area contributed by atoms with E-state index in [1.807, 2.05) is 35.3 Å². The predicted molar refractivity (Wildman–Crippen MR) is 102 cm³/mol. The molecule has 0 atom stereocenters. The van der Waals surface area contributed by atoms with Gasteiger partial charge in [0, 0.05) is 32.1 Å². The van der Waals surface area contributed by atoms with Crippen molar-refractivity contribution in [1.82, 2.24) is 9.58 Å². The number of carbonyl (C=O) groups excluding carboxylic acids is 2. The second-order valence-electron chi connectivity index (χ2n) is 6.58. The molecule has 0 saturated carbocycles. The lowest BCUT2D eigenvalue weighted by molar-refractivity contribution is -0.119. The third-order valence-corrected chi connectivity index (χ3v) is 5.33. The predicted octanol–water partition coefficient (Wildman–Crippen LogP) is 1.90. The van der Waals surface area contributed by atoms with E-state index < -0.39 is 0 Å². The van der Waals surface area contributed by atoms with Crippen LogP contribution in [0.2, 0.25) is 0 Å². The average Bonchev–Trinajstić information content (AvgIpc) is 2.66. The number of Topliss-reactive ketones (excluding diaryl/α,β-unsaturated/α-hetero) is 1. The highest BCUT2D eigenvalue weighted by Crippen LogP contribution is 2.26. The number of pyridine rings is 1. The molecule has 0 unspecified atom stereocenters. The first-order valence-corrected chi connectivity index (χ1v) is 9.52. The van der Waals surface area contributed by atoms with Crippen LogP contribution in [0.5, 0.6) is 5.75 Å². The number of ketones is 1. The van der Waals surface area contributed by atoms with E-state index in [1.165, 1.54) is 0 Å². The maximum absolute atomic E-state index is 13.0. The van der Waals surface area contributed by atoms with Gasteiger partial charge in [-0.1, -0.05) is 30.3 Å². The summed E-state index contributed by atoms with van der Waals surface area (Å²) in [6.45, 7) is 1.39. The van der Waals surface area contributed by atoms with Gasteiger partial charge >= 0.3 is 0 Å². The fourth-order valence-corrected chi connectivity index (χ4v) is 3.67. The van der Waals surface area contributed by atoms with Crippen molar-refractivity contribution < 1.29 is 14.3 Å². The molecule has 0 N–H and O–H groups in total. The lowest BCUT2D eigenvalue weighted by atomic mass is 10.1. The summed E-state index contributed by atoms with van der Waals surface area (Å²) in [5.74, 6) is -0.143. The van der Waals surface area contributed by atoms with Crippen molar-refractivity contribution in [3.05, 3.63) is 62.5 Å². The normalized spacial score (nSPS) is 16.6. The number of fused-ring (bicyclic) bond motifs is 4. The maximum atomic E-state index is 13.0. The van der Waals surface area contributed by atoms with Gasteiger partial charge in [-0.2, -0.15) is 0 Å². The van der Waals surface area contributed by atoms with Gasteiger partial charge in [0.15, 0.2) is 11.4 Å². The summed E-state index contributed by atoms with van der Waals surface area (Å²) in [4.78, 5) is 39.2.